The lowest BCUT2D eigenvalue weighted by Crippen LogP contribution is -1.98. The van der Waals surface area contributed by atoms with Crippen molar-refractivity contribution in [1.29, 1.82) is 0 Å². The lowest BCUT2D eigenvalue weighted by atomic mass is 10.1. The molecule has 3 aromatic rings. The third-order valence-electron chi connectivity index (χ3n) is 3.57. The van der Waals surface area contributed by atoms with Gasteiger partial charge in [0, 0.05) is 35.0 Å². The van der Waals surface area contributed by atoms with Gasteiger partial charge in [0.1, 0.15) is 11.4 Å². The van der Waals surface area contributed by atoms with E-state index in [1.54, 1.807) is 12.1 Å². The van der Waals surface area contributed by atoms with E-state index in [1.165, 1.54) is 17.6 Å². The largest absolute Gasteiger partial charge is 0.428 e. The number of fused-ring (bicyclic) bond motifs is 1. The molecular weight excluding hydrogens is 324 g/mol. The molecule has 1 fully saturated rings. The van der Waals surface area contributed by atoms with Gasteiger partial charge >= 0.3 is 5.63 Å². The maximum atomic E-state index is 11.5. The standard InChI is InChI=1S/C15H11ClN2O3S/c1-7-4-13(19)20-11-6-12(10(16)5-9(7)11)21-15-17-14(18-22-15)8-2-3-8/h4-6,8H,2-3H2,1H3. The van der Waals surface area contributed by atoms with E-state index in [1.807, 2.05) is 6.92 Å². The number of nitrogens with zero attached hydrogens (tertiary/aromatic N) is 2. The maximum Gasteiger partial charge on any atom is 0.336 e. The lowest BCUT2D eigenvalue weighted by molar-refractivity contribution is 0.475. The summed E-state index contributed by atoms with van der Waals surface area (Å²) in [7, 11) is 0. The Kier molecular flexibility index (Phi) is 3.16. The Balaban J connectivity index is 1.73. The minimum absolute atomic E-state index is 0.398. The van der Waals surface area contributed by atoms with E-state index in [0.29, 0.717) is 27.5 Å². The molecule has 0 atom stereocenters. The van der Waals surface area contributed by atoms with Crippen molar-refractivity contribution in [2.24, 2.45) is 0 Å². The van der Waals surface area contributed by atoms with Gasteiger partial charge in [-0.15, -0.1) is 0 Å². The maximum absolute atomic E-state index is 11.5. The quantitative estimate of drug-likeness (QED) is 0.669. The van der Waals surface area contributed by atoms with E-state index < -0.39 is 5.63 Å². The molecule has 0 spiro atoms. The Labute approximate surface area is 134 Å². The van der Waals surface area contributed by atoms with Crippen LogP contribution in [0.1, 0.15) is 30.1 Å². The number of hydrogen-bond donors (Lipinski definition) is 0. The highest BCUT2D eigenvalue weighted by atomic mass is 35.5. The minimum Gasteiger partial charge on any atom is -0.428 e. The average molecular weight is 335 g/mol. The predicted octanol–water partition coefficient (Wildman–Crippen LogP) is 4.28. The molecule has 7 heteroatoms. The SMILES string of the molecule is Cc1cc(=O)oc2cc(Oc3nc(C4CC4)ns3)c(Cl)cc12. The van der Waals surface area contributed by atoms with E-state index in [-0.39, 0.29) is 0 Å². The summed E-state index contributed by atoms with van der Waals surface area (Å²) in [5.74, 6) is 1.71. The number of rotatable bonds is 3. The molecule has 2 heterocycles. The summed E-state index contributed by atoms with van der Waals surface area (Å²) in [5.41, 5.74) is 0.855. The van der Waals surface area contributed by atoms with Gasteiger partial charge in [-0.25, -0.2) is 4.79 Å². The molecule has 0 radical (unpaired) electrons. The van der Waals surface area contributed by atoms with Crippen molar-refractivity contribution >= 4 is 34.1 Å². The molecule has 0 saturated heterocycles. The summed E-state index contributed by atoms with van der Waals surface area (Å²) in [6, 6.07) is 4.78. The third-order valence-corrected chi connectivity index (χ3v) is 4.47. The van der Waals surface area contributed by atoms with Crippen LogP contribution in [0.25, 0.3) is 11.0 Å². The monoisotopic (exact) mass is 334 g/mol. The number of hydrogen-bond acceptors (Lipinski definition) is 6. The van der Waals surface area contributed by atoms with Crippen molar-refractivity contribution in [1.82, 2.24) is 9.36 Å². The first kappa shape index (κ1) is 13.7. The smallest absolute Gasteiger partial charge is 0.336 e. The molecule has 22 heavy (non-hydrogen) atoms. The van der Waals surface area contributed by atoms with Gasteiger partial charge in [-0.1, -0.05) is 11.6 Å². The average Bonchev–Trinajstić information content (AvgIpc) is 3.21. The van der Waals surface area contributed by atoms with E-state index in [4.69, 9.17) is 20.8 Å². The molecule has 0 aliphatic heterocycles. The summed E-state index contributed by atoms with van der Waals surface area (Å²) in [6.07, 6.45) is 2.27. The number of halogens is 1. The van der Waals surface area contributed by atoms with Crippen molar-refractivity contribution in [3.05, 3.63) is 45.0 Å². The Morgan fingerprint density at radius 1 is 1.36 bits per heavy atom. The first-order valence-corrected chi connectivity index (χ1v) is 8.01. The molecular formula is C15H11ClN2O3S. The molecule has 2 aromatic heterocycles. The zero-order valence-corrected chi connectivity index (χ0v) is 13.2. The molecule has 112 valence electrons. The van der Waals surface area contributed by atoms with Gasteiger partial charge in [0.05, 0.1) is 5.02 Å². The van der Waals surface area contributed by atoms with Gasteiger partial charge in [0.15, 0.2) is 5.75 Å². The van der Waals surface area contributed by atoms with Gasteiger partial charge in [0.2, 0.25) is 0 Å². The second-order valence-electron chi connectivity index (χ2n) is 5.32. The fraction of sp³-hybridized carbons (Fsp3) is 0.267. The van der Waals surface area contributed by atoms with Crippen LogP contribution in [-0.4, -0.2) is 9.36 Å². The topological polar surface area (TPSA) is 65.2 Å². The lowest BCUT2D eigenvalue weighted by Gasteiger charge is -2.06. The van der Waals surface area contributed by atoms with Gasteiger partial charge in [-0.2, -0.15) is 9.36 Å². The molecule has 1 aromatic carbocycles. The summed E-state index contributed by atoms with van der Waals surface area (Å²) >= 11 is 7.46. The Hall–Kier alpha value is -1.92. The van der Waals surface area contributed by atoms with Crippen LogP contribution in [0, 0.1) is 6.92 Å². The van der Waals surface area contributed by atoms with Crippen LogP contribution < -0.4 is 10.4 Å². The van der Waals surface area contributed by atoms with Crippen molar-refractivity contribution < 1.29 is 9.15 Å². The fourth-order valence-corrected chi connectivity index (χ4v) is 3.09. The molecule has 0 amide bonds. The summed E-state index contributed by atoms with van der Waals surface area (Å²) < 4.78 is 15.2. The summed E-state index contributed by atoms with van der Waals surface area (Å²) in [6.45, 7) is 1.84. The zero-order valence-electron chi connectivity index (χ0n) is 11.6. The molecule has 5 nitrogen and oxygen atoms in total. The molecule has 1 aliphatic rings. The first-order chi connectivity index (χ1) is 10.6. The van der Waals surface area contributed by atoms with Crippen LogP contribution in [0.2, 0.25) is 5.02 Å². The Morgan fingerprint density at radius 2 is 2.18 bits per heavy atom. The fourth-order valence-electron chi connectivity index (χ4n) is 2.26. The van der Waals surface area contributed by atoms with Crippen molar-refractivity contribution in [2.45, 2.75) is 25.7 Å². The second-order valence-corrected chi connectivity index (χ2v) is 6.44. The molecule has 1 saturated carbocycles. The summed E-state index contributed by atoms with van der Waals surface area (Å²) in [4.78, 5) is 15.8. The van der Waals surface area contributed by atoms with Crippen LogP contribution in [-0.2, 0) is 0 Å². The van der Waals surface area contributed by atoms with E-state index in [2.05, 4.69) is 9.36 Å². The van der Waals surface area contributed by atoms with E-state index in [0.717, 1.165) is 29.6 Å². The van der Waals surface area contributed by atoms with Crippen molar-refractivity contribution in [3.8, 4) is 10.9 Å². The van der Waals surface area contributed by atoms with Gasteiger partial charge in [-0.05, 0) is 31.4 Å². The highest BCUT2D eigenvalue weighted by molar-refractivity contribution is 7.07. The normalized spacial score (nSPS) is 14.5. The molecule has 0 bridgehead atoms. The van der Waals surface area contributed by atoms with E-state index >= 15 is 0 Å². The van der Waals surface area contributed by atoms with Crippen LogP contribution in [0.5, 0.6) is 10.9 Å². The van der Waals surface area contributed by atoms with Gasteiger partial charge in [0.25, 0.3) is 5.19 Å². The molecule has 4 rings (SSSR count). The highest BCUT2D eigenvalue weighted by Gasteiger charge is 2.28. The molecule has 0 N–H and O–H groups in total. The van der Waals surface area contributed by atoms with Gasteiger partial charge < -0.3 is 9.15 Å². The van der Waals surface area contributed by atoms with Gasteiger partial charge in [-0.3, -0.25) is 0 Å². The number of ether oxygens (including phenoxy) is 1. The second kappa shape index (κ2) is 5.07. The van der Waals surface area contributed by atoms with Crippen LogP contribution in [0.4, 0.5) is 0 Å². The highest BCUT2D eigenvalue weighted by Crippen LogP contribution is 2.41. The molecule has 0 unspecified atom stereocenters. The third kappa shape index (κ3) is 2.48. The number of aromatic nitrogens is 2. The number of benzene rings is 1. The summed E-state index contributed by atoms with van der Waals surface area (Å²) in [5, 5.41) is 1.67. The first-order valence-electron chi connectivity index (χ1n) is 6.85. The van der Waals surface area contributed by atoms with Crippen LogP contribution >= 0.6 is 23.1 Å². The predicted molar refractivity (Wildman–Crippen MR) is 84.2 cm³/mol. The van der Waals surface area contributed by atoms with Crippen molar-refractivity contribution in [2.75, 3.05) is 0 Å². The van der Waals surface area contributed by atoms with Crippen LogP contribution in [0.15, 0.2) is 27.4 Å². The van der Waals surface area contributed by atoms with E-state index in [9.17, 15) is 4.79 Å². The molecule has 1 aliphatic carbocycles. The Bertz CT molecular complexity index is 930. The minimum atomic E-state index is -0.398. The van der Waals surface area contributed by atoms with Crippen LogP contribution in [0.3, 0.4) is 0 Å². The number of aryl methyl sites for hydroxylation is 1. The zero-order chi connectivity index (χ0) is 15.3. The Morgan fingerprint density at radius 3 is 2.95 bits per heavy atom. The van der Waals surface area contributed by atoms with Crippen molar-refractivity contribution in [3.63, 3.8) is 0 Å².